The lowest BCUT2D eigenvalue weighted by molar-refractivity contribution is 1.27. The standard InChI is InChI=1S/C12H12N2/c1-2-3-4-11-8-9-7-10(13)5-6-12(9)14-11/h5-8,14H,2,13H2,1H3. The molecule has 0 spiro atoms. The molecule has 2 aromatic rings. The van der Waals surface area contributed by atoms with Gasteiger partial charge in [-0.1, -0.05) is 12.8 Å². The number of rotatable bonds is 0. The number of nitrogen functional groups attached to an aromatic ring is 1. The molecule has 70 valence electrons. The highest BCUT2D eigenvalue weighted by molar-refractivity contribution is 5.84. The van der Waals surface area contributed by atoms with Crippen molar-refractivity contribution in [1.29, 1.82) is 0 Å². The molecule has 0 unspecified atom stereocenters. The van der Waals surface area contributed by atoms with Crippen LogP contribution in [0.2, 0.25) is 0 Å². The van der Waals surface area contributed by atoms with Gasteiger partial charge in [-0.25, -0.2) is 0 Å². The van der Waals surface area contributed by atoms with Gasteiger partial charge in [-0.05, 0) is 30.2 Å². The smallest absolute Gasteiger partial charge is 0.0904 e. The van der Waals surface area contributed by atoms with Crippen LogP contribution in [0.5, 0.6) is 0 Å². The number of nitrogens with two attached hydrogens (primary N) is 1. The van der Waals surface area contributed by atoms with Gasteiger partial charge < -0.3 is 10.7 Å². The van der Waals surface area contributed by atoms with Crippen molar-refractivity contribution in [2.45, 2.75) is 13.3 Å². The maximum absolute atomic E-state index is 5.68. The monoisotopic (exact) mass is 184 g/mol. The van der Waals surface area contributed by atoms with Crippen LogP contribution in [-0.4, -0.2) is 4.98 Å². The second-order valence-electron chi connectivity index (χ2n) is 3.19. The van der Waals surface area contributed by atoms with Gasteiger partial charge in [0.15, 0.2) is 0 Å². The molecule has 14 heavy (non-hydrogen) atoms. The molecule has 1 heterocycles. The van der Waals surface area contributed by atoms with Crippen molar-refractivity contribution in [1.82, 2.24) is 4.98 Å². The number of benzene rings is 1. The predicted molar refractivity (Wildman–Crippen MR) is 59.9 cm³/mol. The summed E-state index contributed by atoms with van der Waals surface area (Å²) in [7, 11) is 0. The third kappa shape index (κ3) is 1.57. The van der Waals surface area contributed by atoms with Crippen molar-refractivity contribution >= 4 is 16.6 Å². The summed E-state index contributed by atoms with van der Waals surface area (Å²) in [6, 6.07) is 7.83. The molecule has 0 aliphatic rings. The summed E-state index contributed by atoms with van der Waals surface area (Å²) >= 11 is 0. The highest BCUT2D eigenvalue weighted by atomic mass is 14.7. The van der Waals surface area contributed by atoms with E-state index in [1.54, 1.807) is 0 Å². The van der Waals surface area contributed by atoms with E-state index in [-0.39, 0.29) is 0 Å². The van der Waals surface area contributed by atoms with Crippen LogP contribution in [0.25, 0.3) is 10.9 Å². The number of aromatic nitrogens is 1. The van der Waals surface area contributed by atoms with Gasteiger partial charge in [-0.2, -0.15) is 0 Å². The lowest BCUT2D eigenvalue weighted by Gasteiger charge is -1.90. The normalized spacial score (nSPS) is 9.79. The molecule has 1 aromatic heterocycles. The molecule has 0 atom stereocenters. The summed E-state index contributed by atoms with van der Waals surface area (Å²) < 4.78 is 0. The molecule has 0 fully saturated rings. The quantitative estimate of drug-likeness (QED) is 0.479. The van der Waals surface area contributed by atoms with E-state index >= 15 is 0 Å². The van der Waals surface area contributed by atoms with Crippen LogP contribution in [0.15, 0.2) is 24.3 Å². The molecular weight excluding hydrogens is 172 g/mol. The molecule has 3 N–H and O–H groups in total. The van der Waals surface area contributed by atoms with Gasteiger partial charge in [0.25, 0.3) is 0 Å². The third-order valence-electron chi connectivity index (χ3n) is 2.04. The molecule has 2 heteroatoms. The zero-order valence-electron chi connectivity index (χ0n) is 8.09. The lowest BCUT2D eigenvalue weighted by Crippen LogP contribution is -1.81. The number of fused-ring (bicyclic) bond motifs is 1. The van der Waals surface area contributed by atoms with Crippen LogP contribution < -0.4 is 5.73 Å². The Kier molecular flexibility index (Phi) is 2.16. The predicted octanol–water partition coefficient (Wildman–Crippen LogP) is 2.51. The summed E-state index contributed by atoms with van der Waals surface area (Å²) in [6.07, 6.45) is 0.873. The van der Waals surface area contributed by atoms with Crippen molar-refractivity contribution in [3.8, 4) is 11.8 Å². The van der Waals surface area contributed by atoms with Gasteiger partial charge in [-0.3, -0.25) is 0 Å². The molecule has 0 aliphatic carbocycles. The lowest BCUT2D eigenvalue weighted by atomic mass is 10.2. The van der Waals surface area contributed by atoms with Crippen molar-refractivity contribution < 1.29 is 0 Å². The number of aromatic amines is 1. The Morgan fingerprint density at radius 2 is 2.21 bits per heavy atom. The maximum atomic E-state index is 5.68. The second kappa shape index (κ2) is 3.47. The molecule has 0 saturated heterocycles. The first-order valence-corrected chi connectivity index (χ1v) is 4.66. The van der Waals surface area contributed by atoms with Crippen LogP contribution in [0.4, 0.5) is 5.69 Å². The Hall–Kier alpha value is -1.88. The van der Waals surface area contributed by atoms with Crippen molar-refractivity contribution in [2.24, 2.45) is 0 Å². The van der Waals surface area contributed by atoms with Gasteiger partial charge >= 0.3 is 0 Å². The van der Waals surface area contributed by atoms with E-state index in [0.29, 0.717) is 0 Å². The zero-order chi connectivity index (χ0) is 9.97. The minimum absolute atomic E-state index is 0.784. The van der Waals surface area contributed by atoms with E-state index in [0.717, 1.165) is 28.7 Å². The van der Waals surface area contributed by atoms with Crippen molar-refractivity contribution in [3.05, 3.63) is 30.0 Å². The summed E-state index contributed by atoms with van der Waals surface area (Å²) in [5.41, 5.74) is 8.50. The summed E-state index contributed by atoms with van der Waals surface area (Å²) in [6.45, 7) is 2.04. The van der Waals surface area contributed by atoms with Crippen molar-refractivity contribution in [2.75, 3.05) is 5.73 Å². The SMILES string of the molecule is CCC#Cc1cc2cc(N)ccc2[nH]1. The topological polar surface area (TPSA) is 41.8 Å². The fraction of sp³-hybridized carbons (Fsp3) is 0.167. The highest BCUT2D eigenvalue weighted by Crippen LogP contribution is 2.17. The summed E-state index contributed by atoms with van der Waals surface area (Å²) in [5.74, 6) is 6.08. The number of hydrogen-bond donors (Lipinski definition) is 2. The van der Waals surface area contributed by atoms with Gasteiger partial charge in [0, 0.05) is 23.0 Å². The van der Waals surface area contributed by atoms with Crippen LogP contribution >= 0.6 is 0 Å². The fourth-order valence-corrected chi connectivity index (χ4v) is 1.40. The van der Waals surface area contributed by atoms with Gasteiger partial charge in [-0.15, -0.1) is 0 Å². The van der Waals surface area contributed by atoms with Gasteiger partial charge in [0.1, 0.15) is 0 Å². The highest BCUT2D eigenvalue weighted by Gasteiger charge is 1.97. The van der Waals surface area contributed by atoms with Crippen LogP contribution in [-0.2, 0) is 0 Å². The molecule has 0 saturated carbocycles. The largest absolute Gasteiger partial charge is 0.399 e. The number of anilines is 1. The Balaban J connectivity index is 2.51. The first kappa shape index (κ1) is 8.71. The van der Waals surface area contributed by atoms with E-state index in [4.69, 9.17) is 5.73 Å². The molecule has 0 amide bonds. The molecule has 0 radical (unpaired) electrons. The molecule has 2 rings (SSSR count). The van der Waals surface area contributed by atoms with Gasteiger partial charge in [0.05, 0.1) is 5.69 Å². The summed E-state index contributed by atoms with van der Waals surface area (Å²) in [4.78, 5) is 3.23. The van der Waals surface area contributed by atoms with Crippen LogP contribution in [0.1, 0.15) is 19.0 Å². The number of hydrogen-bond acceptors (Lipinski definition) is 1. The number of H-pyrrole nitrogens is 1. The zero-order valence-corrected chi connectivity index (χ0v) is 8.09. The third-order valence-corrected chi connectivity index (χ3v) is 2.04. The molecule has 2 nitrogen and oxygen atoms in total. The molecule has 1 aromatic carbocycles. The minimum Gasteiger partial charge on any atom is -0.399 e. The van der Waals surface area contributed by atoms with Crippen LogP contribution in [0.3, 0.4) is 0 Å². The van der Waals surface area contributed by atoms with Crippen molar-refractivity contribution in [3.63, 3.8) is 0 Å². The Bertz CT molecular complexity index is 512. The molecule has 0 bridgehead atoms. The average molecular weight is 184 g/mol. The van der Waals surface area contributed by atoms with Gasteiger partial charge in [0.2, 0.25) is 0 Å². The van der Waals surface area contributed by atoms with E-state index < -0.39 is 0 Å². The summed E-state index contributed by atoms with van der Waals surface area (Å²) in [5, 5.41) is 1.12. The second-order valence-corrected chi connectivity index (χ2v) is 3.19. The van der Waals surface area contributed by atoms with Crippen LogP contribution in [0, 0.1) is 11.8 Å². The first-order valence-electron chi connectivity index (χ1n) is 4.66. The fourth-order valence-electron chi connectivity index (χ4n) is 1.40. The Morgan fingerprint density at radius 1 is 1.36 bits per heavy atom. The maximum Gasteiger partial charge on any atom is 0.0904 e. The van der Waals surface area contributed by atoms with E-state index in [9.17, 15) is 0 Å². The van der Waals surface area contributed by atoms with E-state index in [2.05, 4.69) is 16.8 Å². The molecular formula is C12H12N2. The number of nitrogens with one attached hydrogen (secondary N) is 1. The molecule has 0 aliphatic heterocycles. The average Bonchev–Trinajstić information content (AvgIpc) is 2.56. The Labute approximate surface area is 83.1 Å². The minimum atomic E-state index is 0.784. The van der Waals surface area contributed by atoms with E-state index in [1.807, 2.05) is 31.2 Å². The first-order chi connectivity index (χ1) is 6.79. The van der Waals surface area contributed by atoms with E-state index in [1.165, 1.54) is 0 Å². The Morgan fingerprint density at radius 3 is 3.00 bits per heavy atom.